The molecule has 0 aromatic heterocycles. The van der Waals surface area contributed by atoms with Crippen molar-refractivity contribution in [3.8, 4) is 0 Å². The molecular formula is C19H28N2O5S. The topological polar surface area (TPSA) is 92.8 Å². The van der Waals surface area contributed by atoms with Crippen LogP contribution < -0.4 is 5.32 Å². The lowest BCUT2D eigenvalue weighted by Gasteiger charge is -2.15. The predicted molar refractivity (Wildman–Crippen MR) is 102 cm³/mol. The SMILES string of the molecule is CCCCCCNC(=O)COC(=O)c1cccc(S(=O)(=O)N2CCCC2)c1. The number of hydrogen-bond acceptors (Lipinski definition) is 5. The second-order valence-electron chi connectivity index (χ2n) is 6.63. The quantitative estimate of drug-likeness (QED) is 0.484. The molecule has 1 aliphatic rings. The molecule has 1 heterocycles. The summed E-state index contributed by atoms with van der Waals surface area (Å²) < 4.78 is 31.6. The van der Waals surface area contributed by atoms with Crippen LogP contribution >= 0.6 is 0 Å². The Balaban J connectivity index is 1.87. The Bertz CT molecular complexity index is 742. The molecule has 0 atom stereocenters. The number of nitrogens with one attached hydrogen (secondary N) is 1. The second-order valence-corrected chi connectivity index (χ2v) is 8.56. The van der Waals surface area contributed by atoms with Crippen molar-refractivity contribution in [2.75, 3.05) is 26.2 Å². The van der Waals surface area contributed by atoms with Gasteiger partial charge < -0.3 is 10.1 Å². The number of nitrogens with zero attached hydrogens (tertiary/aromatic N) is 1. The third-order valence-electron chi connectivity index (χ3n) is 4.46. The zero-order chi connectivity index (χ0) is 19.7. The van der Waals surface area contributed by atoms with Gasteiger partial charge in [0.15, 0.2) is 6.61 Å². The van der Waals surface area contributed by atoms with E-state index in [2.05, 4.69) is 12.2 Å². The molecule has 1 N–H and O–H groups in total. The second kappa shape index (κ2) is 10.4. The van der Waals surface area contributed by atoms with Gasteiger partial charge in [0, 0.05) is 19.6 Å². The first-order chi connectivity index (χ1) is 12.9. The van der Waals surface area contributed by atoms with Crippen LogP contribution in [-0.2, 0) is 19.6 Å². The molecule has 27 heavy (non-hydrogen) atoms. The number of unbranched alkanes of at least 4 members (excludes halogenated alkanes) is 3. The molecule has 0 saturated carbocycles. The van der Waals surface area contributed by atoms with Crippen molar-refractivity contribution in [3.05, 3.63) is 29.8 Å². The molecule has 2 rings (SSSR count). The van der Waals surface area contributed by atoms with Crippen molar-refractivity contribution in [1.82, 2.24) is 9.62 Å². The molecule has 1 aromatic rings. The molecule has 7 nitrogen and oxygen atoms in total. The Kier molecular flexibility index (Phi) is 8.24. The number of esters is 1. The highest BCUT2D eigenvalue weighted by Crippen LogP contribution is 2.21. The number of rotatable bonds is 10. The maximum atomic E-state index is 12.6. The van der Waals surface area contributed by atoms with Gasteiger partial charge in [-0.1, -0.05) is 32.3 Å². The minimum absolute atomic E-state index is 0.0687. The van der Waals surface area contributed by atoms with Gasteiger partial charge in [0.25, 0.3) is 5.91 Å². The monoisotopic (exact) mass is 396 g/mol. The maximum Gasteiger partial charge on any atom is 0.338 e. The Morgan fingerprint density at radius 3 is 2.59 bits per heavy atom. The fraction of sp³-hybridized carbons (Fsp3) is 0.579. The van der Waals surface area contributed by atoms with Crippen molar-refractivity contribution >= 4 is 21.9 Å². The largest absolute Gasteiger partial charge is 0.452 e. The summed E-state index contributed by atoms with van der Waals surface area (Å²) in [4.78, 5) is 23.9. The van der Waals surface area contributed by atoms with Gasteiger partial charge in [0.2, 0.25) is 10.0 Å². The summed E-state index contributed by atoms with van der Waals surface area (Å²) in [5, 5.41) is 2.70. The molecule has 0 radical (unpaired) electrons. The van der Waals surface area contributed by atoms with E-state index in [4.69, 9.17) is 4.74 Å². The molecule has 8 heteroatoms. The van der Waals surface area contributed by atoms with Crippen LogP contribution in [-0.4, -0.2) is 50.8 Å². The molecule has 150 valence electrons. The highest BCUT2D eigenvalue weighted by molar-refractivity contribution is 7.89. The van der Waals surface area contributed by atoms with E-state index in [1.165, 1.54) is 28.6 Å². The Morgan fingerprint density at radius 2 is 1.89 bits per heavy atom. The predicted octanol–water partition coefficient (Wildman–Crippen LogP) is 2.32. The van der Waals surface area contributed by atoms with Crippen molar-refractivity contribution < 1.29 is 22.7 Å². The van der Waals surface area contributed by atoms with Crippen molar-refractivity contribution in [1.29, 1.82) is 0 Å². The van der Waals surface area contributed by atoms with Crippen LogP contribution in [0.4, 0.5) is 0 Å². The van der Waals surface area contributed by atoms with E-state index in [1.807, 2.05) is 0 Å². The summed E-state index contributed by atoms with van der Waals surface area (Å²) in [6.07, 6.45) is 5.88. The van der Waals surface area contributed by atoms with Crippen molar-refractivity contribution in [2.45, 2.75) is 50.3 Å². The van der Waals surface area contributed by atoms with Crippen LogP contribution in [0.2, 0.25) is 0 Å². The van der Waals surface area contributed by atoms with E-state index in [1.54, 1.807) is 0 Å². The summed E-state index contributed by atoms with van der Waals surface area (Å²) in [6, 6.07) is 5.76. The van der Waals surface area contributed by atoms with Crippen LogP contribution in [0.3, 0.4) is 0 Å². The molecule has 0 bridgehead atoms. The summed E-state index contributed by atoms with van der Waals surface area (Å²) in [7, 11) is -3.60. The summed E-state index contributed by atoms with van der Waals surface area (Å²) >= 11 is 0. The van der Waals surface area contributed by atoms with E-state index < -0.39 is 16.0 Å². The van der Waals surface area contributed by atoms with E-state index in [0.29, 0.717) is 19.6 Å². The molecule has 1 saturated heterocycles. The first-order valence-electron chi connectivity index (χ1n) is 9.49. The number of ether oxygens (including phenoxy) is 1. The fourth-order valence-corrected chi connectivity index (χ4v) is 4.47. The van der Waals surface area contributed by atoms with Crippen LogP contribution in [0.5, 0.6) is 0 Å². The molecule has 0 aliphatic carbocycles. The lowest BCUT2D eigenvalue weighted by atomic mass is 10.2. The Morgan fingerprint density at radius 1 is 1.15 bits per heavy atom. The molecule has 0 spiro atoms. The highest BCUT2D eigenvalue weighted by atomic mass is 32.2. The van der Waals surface area contributed by atoms with E-state index >= 15 is 0 Å². The van der Waals surface area contributed by atoms with Gasteiger partial charge in [-0.15, -0.1) is 0 Å². The summed E-state index contributed by atoms with van der Waals surface area (Å²) in [5.41, 5.74) is 0.117. The fourth-order valence-electron chi connectivity index (χ4n) is 2.91. The van der Waals surface area contributed by atoms with Crippen molar-refractivity contribution in [3.63, 3.8) is 0 Å². The molecule has 0 unspecified atom stereocenters. The number of carbonyl (C=O) groups excluding carboxylic acids is 2. The first-order valence-corrected chi connectivity index (χ1v) is 10.9. The van der Waals surface area contributed by atoms with Crippen LogP contribution in [0.15, 0.2) is 29.2 Å². The lowest BCUT2D eigenvalue weighted by molar-refractivity contribution is -0.124. The van der Waals surface area contributed by atoms with Gasteiger partial charge in [-0.2, -0.15) is 4.31 Å². The molecule has 1 aromatic carbocycles. The van der Waals surface area contributed by atoms with Gasteiger partial charge in [0.1, 0.15) is 0 Å². The van der Waals surface area contributed by atoms with Crippen LogP contribution in [0, 0.1) is 0 Å². The van der Waals surface area contributed by atoms with Gasteiger partial charge >= 0.3 is 5.97 Å². The molecule has 1 fully saturated rings. The zero-order valence-electron chi connectivity index (χ0n) is 15.8. The average Bonchev–Trinajstić information content (AvgIpc) is 3.21. The highest BCUT2D eigenvalue weighted by Gasteiger charge is 2.27. The maximum absolute atomic E-state index is 12.6. The number of amides is 1. The van der Waals surface area contributed by atoms with Crippen LogP contribution in [0.25, 0.3) is 0 Å². The number of sulfonamides is 1. The number of benzene rings is 1. The van der Waals surface area contributed by atoms with E-state index in [9.17, 15) is 18.0 Å². The smallest absolute Gasteiger partial charge is 0.338 e. The lowest BCUT2D eigenvalue weighted by Crippen LogP contribution is -2.30. The number of hydrogen-bond donors (Lipinski definition) is 1. The molecule has 1 aliphatic heterocycles. The third kappa shape index (κ3) is 6.32. The zero-order valence-corrected chi connectivity index (χ0v) is 16.6. The molecular weight excluding hydrogens is 368 g/mol. The van der Waals surface area contributed by atoms with Crippen molar-refractivity contribution in [2.24, 2.45) is 0 Å². The number of carbonyl (C=O) groups is 2. The first kappa shape index (κ1) is 21.4. The van der Waals surface area contributed by atoms with Gasteiger partial charge in [0.05, 0.1) is 10.5 Å². The van der Waals surface area contributed by atoms with Gasteiger partial charge in [-0.3, -0.25) is 4.79 Å². The normalized spacial score (nSPS) is 14.9. The van der Waals surface area contributed by atoms with E-state index in [-0.39, 0.29) is 23.0 Å². The van der Waals surface area contributed by atoms with Gasteiger partial charge in [-0.05, 0) is 37.5 Å². The summed E-state index contributed by atoms with van der Waals surface area (Å²) in [5.74, 6) is -1.07. The summed E-state index contributed by atoms with van der Waals surface area (Å²) in [6.45, 7) is 3.28. The average molecular weight is 397 g/mol. The van der Waals surface area contributed by atoms with Gasteiger partial charge in [-0.25, -0.2) is 13.2 Å². The molecule has 1 amide bonds. The Labute approximate surface area is 161 Å². The minimum atomic E-state index is -3.60. The van der Waals surface area contributed by atoms with Crippen LogP contribution in [0.1, 0.15) is 55.8 Å². The Hall–Kier alpha value is -1.93. The third-order valence-corrected chi connectivity index (χ3v) is 6.35. The standard InChI is InChI=1S/C19H28N2O5S/c1-2-3-4-5-11-20-18(22)15-26-19(23)16-9-8-10-17(14-16)27(24,25)21-12-6-7-13-21/h8-10,14H,2-7,11-13,15H2,1H3,(H,20,22). The van der Waals surface area contributed by atoms with E-state index in [0.717, 1.165) is 38.5 Å². The minimum Gasteiger partial charge on any atom is -0.452 e.